The van der Waals surface area contributed by atoms with Crippen molar-refractivity contribution < 1.29 is 14.6 Å². The highest BCUT2D eigenvalue weighted by atomic mass is 79.9. The van der Waals surface area contributed by atoms with E-state index in [4.69, 9.17) is 4.74 Å². The normalized spacial score (nSPS) is 20.1. The van der Waals surface area contributed by atoms with Crippen LogP contribution in [0.25, 0.3) is 11.1 Å². The van der Waals surface area contributed by atoms with Crippen molar-refractivity contribution in [1.29, 1.82) is 0 Å². The molecule has 1 heterocycles. The number of halogens is 1. The van der Waals surface area contributed by atoms with E-state index in [0.29, 0.717) is 19.6 Å². The molecule has 0 bridgehead atoms. The Bertz CT molecular complexity index is 1070. The SMILES string of the molecule is O=C(OCC1c2ccccc2-c2ccccc21)N1CCC(O)(c2cccc(Br)c2)C1. The summed E-state index contributed by atoms with van der Waals surface area (Å²) in [5.41, 5.74) is 4.57. The number of amides is 1. The zero-order chi connectivity index (χ0) is 20.7. The monoisotopic (exact) mass is 463 g/mol. The van der Waals surface area contributed by atoms with Crippen LogP contribution in [-0.2, 0) is 10.3 Å². The highest BCUT2D eigenvalue weighted by Crippen LogP contribution is 2.44. The first-order chi connectivity index (χ1) is 14.5. The van der Waals surface area contributed by atoms with Crippen molar-refractivity contribution >= 4 is 22.0 Å². The molecule has 1 saturated heterocycles. The van der Waals surface area contributed by atoms with Gasteiger partial charge in [0.15, 0.2) is 0 Å². The summed E-state index contributed by atoms with van der Waals surface area (Å²) in [6, 6.07) is 24.2. The average Bonchev–Trinajstić information content (AvgIpc) is 3.32. The molecule has 0 saturated carbocycles. The van der Waals surface area contributed by atoms with Gasteiger partial charge in [0.2, 0.25) is 0 Å². The van der Waals surface area contributed by atoms with Crippen LogP contribution in [0.5, 0.6) is 0 Å². The summed E-state index contributed by atoms with van der Waals surface area (Å²) in [7, 11) is 0. The van der Waals surface area contributed by atoms with E-state index in [1.54, 1.807) is 4.90 Å². The highest BCUT2D eigenvalue weighted by Gasteiger charge is 2.40. The summed E-state index contributed by atoms with van der Waals surface area (Å²) in [5.74, 6) is 0.0351. The minimum atomic E-state index is -1.05. The van der Waals surface area contributed by atoms with Crippen LogP contribution in [-0.4, -0.2) is 35.8 Å². The second-order valence-corrected chi connectivity index (χ2v) is 8.93. The number of rotatable bonds is 3. The predicted molar refractivity (Wildman–Crippen MR) is 119 cm³/mol. The largest absolute Gasteiger partial charge is 0.448 e. The molecular formula is C25H22BrNO3. The summed E-state index contributed by atoms with van der Waals surface area (Å²) in [4.78, 5) is 14.4. The van der Waals surface area contributed by atoms with E-state index in [9.17, 15) is 9.90 Å². The fourth-order valence-electron chi connectivity index (χ4n) is 4.65. The Kier molecular flexibility index (Phi) is 4.88. The predicted octanol–water partition coefficient (Wildman–Crippen LogP) is 5.29. The van der Waals surface area contributed by atoms with Gasteiger partial charge >= 0.3 is 6.09 Å². The second-order valence-electron chi connectivity index (χ2n) is 8.02. The van der Waals surface area contributed by atoms with E-state index < -0.39 is 5.60 Å². The number of fused-ring (bicyclic) bond motifs is 3. The molecule has 1 aliphatic heterocycles. The van der Waals surface area contributed by atoms with Crippen LogP contribution in [0.1, 0.15) is 29.0 Å². The number of benzene rings is 3. The molecule has 1 fully saturated rings. The van der Waals surface area contributed by atoms with Crippen molar-refractivity contribution in [2.75, 3.05) is 19.7 Å². The topological polar surface area (TPSA) is 49.8 Å². The molecule has 2 aliphatic rings. The van der Waals surface area contributed by atoms with Crippen LogP contribution in [0.4, 0.5) is 4.79 Å². The first-order valence-electron chi connectivity index (χ1n) is 10.1. The summed E-state index contributed by atoms with van der Waals surface area (Å²) in [6.45, 7) is 0.999. The summed E-state index contributed by atoms with van der Waals surface area (Å²) >= 11 is 3.45. The number of β-amino-alcohol motifs (C(OH)–C–C–N with tert-alkyl or cyclic N) is 1. The number of nitrogens with zero attached hydrogens (tertiary/aromatic N) is 1. The Hall–Kier alpha value is -2.63. The highest BCUT2D eigenvalue weighted by molar-refractivity contribution is 9.10. The van der Waals surface area contributed by atoms with Crippen molar-refractivity contribution in [3.05, 3.63) is 94.0 Å². The number of aliphatic hydroxyl groups is 1. The summed E-state index contributed by atoms with van der Waals surface area (Å²) in [5, 5.41) is 11.1. The Morgan fingerprint density at radius 1 is 1.03 bits per heavy atom. The van der Waals surface area contributed by atoms with E-state index in [0.717, 1.165) is 10.0 Å². The number of likely N-dealkylation sites (tertiary alicyclic amines) is 1. The fourth-order valence-corrected chi connectivity index (χ4v) is 5.05. The van der Waals surface area contributed by atoms with Crippen molar-refractivity contribution in [1.82, 2.24) is 4.90 Å². The Labute approximate surface area is 184 Å². The van der Waals surface area contributed by atoms with Gasteiger partial charge in [0.05, 0.1) is 6.54 Å². The third kappa shape index (κ3) is 3.32. The molecule has 5 rings (SSSR count). The maximum Gasteiger partial charge on any atom is 0.409 e. The van der Waals surface area contributed by atoms with Crippen LogP contribution >= 0.6 is 15.9 Å². The van der Waals surface area contributed by atoms with Crippen molar-refractivity contribution in [2.24, 2.45) is 0 Å². The lowest BCUT2D eigenvalue weighted by atomic mass is 9.93. The molecule has 30 heavy (non-hydrogen) atoms. The molecule has 5 heteroatoms. The van der Waals surface area contributed by atoms with E-state index in [2.05, 4.69) is 40.2 Å². The van der Waals surface area contributed by atoms with Crippen LogP contribution in [0.3, 0.4) is 0 Å². The molecule has 1 amide bonds. The third-order valence-corrected chi connectivity index (χ3v) is 6.70. The first kappa shape index (κ1) is 19.3. The molecule has 0 aromatic heterocycles. The Morgan fingerprint density at radius 3 is 2.37 bits per heavy atom. The third-order valence-electron chi connectivity index (χ3n) is 6.20. The molecule has 3 aromatic rings. The number of ether oxygens (including phenoxy) is 1. The number of carbonyl (C=O) groups is 1. The van der Waals surface area contributed by atoms with Crippen LogP contribution in [0, 0.1) is 0 Å². The van der Waals surface area contributed by atoms with Crippen LogP contribution in [0.15, 0.2) is 77.3 Å². The van der Waals surface area contributed by atoms with Crippen LogP contribution in [0.2, 0.25) is 0 Å². The number of hydrogen-bond acceptors (Lipinski definition) is 3. The lowest BCUT2D eigenvalue weighted by Gasteiger charge is -2.24. The molecule has 0 spiro atoms. The quantitative estimate of drug-likeness (QED) is 0.573. The lowest BCUT2D eigenvalue weighted by molar-refractivity contribution is 0.0413. The summed E-state index contributed by atoms with van der Waals surface area (Å²) in [6.07, 6.45) is 0.121. The molecule has 1 atom stereocenters. The van der Waals surface area contributed by atoms with Gasteiger partial charge in [-0.25, -0.2) is 4.79 Å². The first-order valence-corrected chi connectivity index (χ1v) is 10.9. The summed E-state index contributed by atoms with van der Waals surface area (Å²) < 4.78 is 6.65. The van der Waals surface area contributed by atoms with Gasteiger partial charge in [-0.3, -0.25) is 0 Å². The van der Waals surface area contributed by atoms with Crippen molar-refractivity contribution in [2.45, 2.75) is 17.9 Å². The molecule has 152 valence electrons. The van der Waals surface area contributed by atoms with Gasteiger partial charge in [0, 0.05) is 16.9 Å². The van der Waals surface area contributed by atoms with Gasteiger partial charge in [-0.15, -0.1) is 0 Å². The van der Waals surface area contributed by atoms with Gasteiger partial charge in [0.25, 0.3) is 0 Å². The molecule has 4 nitrogen and oxygen atoms in total. The molecule has 1 unspecified atom stereocenters. The fraction of sp³-hybridized carbons (Fsp3) is 0.240. The second kappa shape index (κ2) is 7.56. The Morgan fingerprint density at radius 2 is 1.70 bits per heavy atom. The van der Waals surface area contributed by atoms with Gasteiger partial charge in [-0.2, -0.15) is 0 Å². The molecule has 1 N–H and O–H groups in total. The lowest BCUT2D eigenvalue weighted by Crippen LogP contribution is -2.35. The minimum absolute atomic E-state index is 0.0351. The maximum atomic E-state index is 12.8. The van der Waals surface area contributed by atoms with Crippen LogP contribution < -0.4 is 0 Å². The molecular weight excluding hydrogens is 442 g/mol. The van der Waals surface area contributed by atoms with Gasteiger partial charge in [-0.1, -0.05) is 76.6 Å². The van der Waals surface area contributed by atoms with E-state index in [1.165, 1.54) is 22.3 Å². The van der Waals surface area contributed by atoms with Gasteiger partial charge < -0.3 is 14.7 Å². The van der Waals surface area contributed by atoms with E-state index >= 15 is 0 Å². The molecule has 0 radical (unpaired) electrons. The zero-order valence-electron chi connectivity index (χ0n) is 16.4. The zero-order valence-corrected chi connectivity index (χ0v) is 18.0. The van der Waals surface area contributed by atoms with Gasteiger partial charge in [0.1, 0.15) is 12.2 Å². The number of carbonyl (C=O) groups excluding carboxylic acids is 1. The molecule has 3 aromatic carbocycles. The van der Waals surface area contributed by atoms with Gasteiger partial charge in [-0.05, 0) is 46.4 Å². The number of hydrogen-bond donors (Lipinski definition) is 1. The standard InChI is InChI=1S/C25H22BrNO3/c26-18-7-5-6-17(14-18)25(29)12-13-27(16-25)24(28)30-15-23-21-10-3-1-8-19(21)20-9-2-4-11-22(20)23/h1-11,14,23,29H,12-13,15-16H2. The smallest absolute Gasteiger partial charge is 0.409 e. The van der Waals surface area contributed by atoms with Crippen molar-refractivity contribution in [3.8, 4) is 11.1 Å². The van der Waals surface area contributed by atoms with Crippen molar-refractivity contribution in [3.63, 3.8) is 0 Å². The average molecular weight is 464 g/mol. The maximum absolute atomic E-state index is 12.8. The Balaban J connectivity index is 1.29. The minimum Gasteiger partial charge on any atom is -0.448 e. The van der Waals surface area contributed by atoms with E-state index in [1.807, 2.05) is 48.5 Å². The van der Waals surface area contributed by atoms with E-state index in [-0.39, 0.29) is 18.6 Å². The molecule has 1 aliphatic carbocycles.